The zero-order valence-corrected chi connectivity index (χ0v) is 15.9. The number of carbonyl (C=O) groups excluding carboxylic acids is 1. The molecule has 0 saturated carbocycles. The molecule has 0 atom stereocenters. The maximum absolute atomic E-state index is 12.1. The minimum absolute atomic E-state index is 0.0253. The lowest BCUT2D eigenvalue weighted by atomic mass is 9.92. The van der Waals surface area contributed by atoms with Crippen LogP contribution in [0.25, 0.3) is 0 Å². The highest BCUT2D eigenvalue weighted by Gasteiger charge is 2.27. The van der Waals surface area contributed by atoms with Crippen molar-refractivity contribution < 1.29 is 4.79 Å². The van der Waals surface area contributed by atoms with Crippen LogP contribution in [0.1, 0.15) is 38.4 Å². The summed E-state index contributed by atoms with van der Waals surface area (Å²) in [5.74, 6) is 0.813. The molecule has 0 fully saturated rings. The number of hydrogen-bond acceptors (Lipinski definition) is 4. The summed E-state index contributed by atoms with van der Waals surface area (Å²) in [6.45, 7) is 12.3. The second-order valence-electron chi connectivity index (χ2n) is 6.13. The monoisotopic (exact) mass is 339 g/mol. The lowest BCUT2D eigenvalue weighted by molar-refractivity contribution is -0.128. The molecular formula is C16H29N5OS. The molecule has 1 rings (SSSR count). The van der Waals surface area contributed by atoms with E-state index >= 15 is 0 Å². The molecule has 130 valence electrons. The lowest BCUT2D eigenvalue weighted by Gasteiger charge is -2.25. The Bertz CT molecular complexity index is 538. The molecule has 0 aliphatic rings. The summed E-state index contributed by atoms with van der Waals surface area (Å²) < 4.78 is 0. The van der Waals surface area contributed by atoms with Gasteiger partial charge in [0.2, 0.25) is 5.91 Å². The van der Waals surface area contributed by atoms with Crippen LogP contribution in [0.5, 0.6) is 0 Å². The zero-order valence-electron chi connectivity index (χ0n) is 15.1. The molecule has 6 nitrogen and oxygen atoms in total. The normalized spacial score (nSPS) is 12.2. The van der Waals surface area contributed by atoms with Gasteiger partial charge < -0.3 is 15.5 Å². The van der Waals surface area contributed by atoms with Crippen molar-refractivity contribution in [3.8, 4) is 0 Å². The number of aliphatic imine (C=N–C) groups is 1. The Morgan fingerprint density at radius 1 is 1.35 bits per heavy atom. The lowest BCUT2D eigenvalue weighted by Crippen LogP contribution is -2.42. The Morgan fingerprint density at radius 3 is 2.52 bits per heavy atom. The van der Waals surface area contributed by atoms with Crippen molar-refractivity contribution in [2.75, 3.05) is 26.7 Å². The van der Waals surface area contributed by atoms with E-state index in [4.69, 9.17) is 0 Å². The molecule has 0 saturated heterocycles. The summed E-state index contributed by atoms with van der Waals surface area (Å²) in [6, 6.07) is 0. The third-order valence-corrected chi connectivity index (χ3v) is 4.16. The van der Waals surface area contributed by atoms with Gasteiger partial charge in [-0.2, -0.15) is 0 Å². The van der Waals surface area contributed by atoms with Gasteiger partial charge in [0.05, 0.1) is 29.2 Å². The Hall–Kier alpha value is -1.63. The largest absolute Gasteiger partial charge is 0.357 e. The second-order valence-corrected chi connectivity index (χ2v) is 7.19. The minimum Gasteiger partial charge on any atom is -0.357 e. The van der Waals surface area contributed by atoms with Gasteiger partial charge >= 0.3 is 0 Å². The second kappa shape index (κ2) is 8.86. The van der Waals surface area contributed by atoms with Gasteiger partial charge in [0.25, 0.3) is 0 Å². The van der Waals surface area contributed by atoms with Crippen molar-refractivity contribution in [3.05, 3.63) is 16.1 Å². The fraction of sp³-hybridized carbons (Fsp3) is 0.688. The molecule has 0 aliphatic heterocycles. The minimum atomic E-state index is -0.533. The number of amides is 1. The van der Waals surface area contributed by atoms with Gasteiger partial charge in [-0.15, -0.1) is 11.3 Å². The highest BCUT2D eigenvalue weighted by molar-refractivity contribution is 7.09. The third-order valence-electron chi connectivity index (χ3n) is 3.34. The Morgan fingerprint density at radius 2 is 2.00 bits per heavy atom. The molecule has 1 aromatic heterocycles. The summed E-state index contributed by atoms with van der Waals surface area (Å²) in [7, 11) is 1.98. The molecule has 1 aromatic rings. The summed E-state index contributed by atoms with van der Waals surface area (Å²) in [5.41, 5.74) is 0.498. The molecule has 0 spiro atoms. The van der Waals surface area contributed by atoms with Gasteiger partial charge in [-0.3, -0.25) is 9.79 Å². The average molecular weight is 340 g/mol. The summed E-state index contributed by atoms with van der Waals surface area (Å²) in [4.78, 5) is 23.2. The molecule has 2 N–H and O–H groups in total. The van der Waals surface area contributed by atoms with E-state index in [1.807, 2.05) is 46.6 Å². The highest BCUT2D eigenvalue weighted by atomic mass is 32.1. The molecule has 0 radical (unpaired) electrons. The Labute approximate surface area is 143 Å². The van der Waals surface area contributed by atoms with Crippen LogP contribution < -0.4 is 10.6 Å². The number of carbonyl (C=O) groups is 1. The number of rotatable bonds is 7. The molecule has 1 heterocycles. The van der Waals surface area contributed by atoms with Crippen LogP contribution >= 0.6 is 11.3 Å². The number of guanidine groups is 1. The van der Waals surface area contributed by atoms with E-state index in [-0.39, 0.29) is 5.91 Å². The average Bonchev–Trinajstić information content (AvgIpc) is 2.88. The van der Waals surface area contributed by atoms with Crippen molar-refractivity contribution in [2.45, 2.75) is 41.2 Å². The topological polar surface area (TPSA) is 69.6 Å². The smallest absolute Gasteiger partial charge is 0.227 e. The van der Waals surface area contributed by atoms with Gasteiger partial charge in [-0.1, -0.05) is 0 Å². The van der Waals surface area contributed by atoms with Crippen LogP contribution in [0.3, 0.4) is 0 Å². The van der Waals surface area contributed by atoms with Gasteiger partial charge in [-0.05, 0) is 34.6 Å². The van der Waals surface area contributed by atoms with E-state index in [9.17, 15) is 4.79 Å². The highest BCUT2D eigenvalue weighted by Crippen LogP contribution is 2.16. The van der Waals surface area contributed by atoms with Crippen molar-refractivity contribution in [3.63, 3.8) is 0 Å². The predicted molar refractivity (Wildman–Crippen MR) is 96.8 cm³/mol. The first-order valence-corrected chi connectivity index (χ1v) is 8.86. The quantitative estimate of drug-likeness (QED) is 0.589. The summed E-state index contributed by atoms with van der Waals surface area (Å²) in [5, 5.41) is 9.26. The van der Waals surface area contributed by atoms with Gasteiger partial charge in [0, 0.05) is 25.5 Å². The number of thiazole rings is 1. The van der Waals surface area contributed by atoms with Gasteiger partial charge in [-0.25, -0.2) is 4.98 Å². The van der Waals surface area contributed by atoms with E-state index in [0.29, 0.717) is 19.6 Å². The zero-order chi connectivity index (χ0) is 17.5. The summed E-state index contributed by atoms with van der Waals surface area (Å²) >= 11 is 1.65. The first-order chi connectivity index (χ1) is 10.8. The fourth-order valence-corrected chi connectivity index (χ4v) is 2.62. The SMILES string of the molecule is CCNC(=O)C(C)(C)CN=C(NCC)N(C)Cc1csc(C)n1. The van der Waals surface area contributed by atoms with Gasteiger partial charge in [0.15, 0.2) is 5.96 Å². The standard InChI is InChI=1S/C16H29N5OS/c1-7-17-14(22)16(4,5)11-19-15(18-8-2)21(6)9-13-10-23-12(3)20-13/h10H,7-9,11H2,1-6H3,(H,17,22)(H,18,19). The molecule has 7 heteroatoms. The molecule has 0 unspecified atom stereocenters. The third kappa shape index (κ3) is 6.17. The molecule has 23 heavy (non-hydrogen) atoms. The first-order valence-electron chi connectivity index (χ1n) is 7.99. The van der Waals surface area contributed by atoms with E-state index in [1.165, 1.54) is 0 Å². The first kappa shape index (κ1) is 19.4. The van der Waals surface area contributed by atoms with Crippen LogP contribution in [-0.4, -0.2) is 48.4 Å². The maximum Gasteiger partial charge on any atom is 0.227 e. The fourth-order valence-electron chi connectivity index (χ4n) is 2.01. The van der Waals surface area contributed by atoms with Crippen molar-refractivity contribution in [2.24, 2.45) is 10.4 Å². The predicted octanol–water partition coefficient (Wildman–Crippen LogP) is 2.01. The molecule has 0 aliphatic carbocycles. The Balaban J connectivity index is 2.77. The summed E-state index contributed by atoms with van der Waals surface area (Å²) in [6.07, 6.45) is 0. The van der Waals surface area contributed by atoms with Crippen LogP contribution in [-0.2, 0) is 11.3 Å². The molecular weight excluding hydrogens is 310 g/mol. The van der Waals surface area contributed by atoms with Gasteiger partial charge in [0.1, 0.15) is 0 Å². The molecule has 0 bridgehead atoms. The van der Waals surface area contributed by atoms with Crippen LogP contribution in [0, 0.1) is 12.3 Å². The number of nitrogens with one attached hydrogen (secondary N) is 2. The molecule has 0 aromatic carbocycles. The van der Waals surface area contributed by atoms with Crippen molar-refractivity contribution in [1.82, 2.24) is 20.5 Å². The number of aromatic nitrogens is 1. The molecule has 1 amide bonds. The Kier molecular flexibility index (Phi) is 7.48. The number of nitrogens with zero attached hydrogens (tertiary/aromatic N) is 3. The van der Waals surface area contributed by atoms with E-state index in [1.54, 1.807) is 11.3 Å². The van der Waals surface area contributed by atoms with E-state index in [2.05, 4.69) is 26.0 Å². The maximum atomic E-state index is 12.1. The van der Waals surface area contributed by atoms with E-state index in [0.717, 1.165) is 23.2 Å². The number of aryl methyl sites for hydroxylation is 1. The van der Waals surface area contributed by atoms with Crippen LogP contribution in [0.15, 0.2) is 10.4 Å². The van der Waals surface area contributed by atoms with Crippen molar-refractivity contribution >= 4 is 23.2 Å². The van der Waals surface area contributed by atoms with E-state index < -0.39 is 5.41 Å². The number of hydrogen-bond donors (Lipinski definition) is 2. The van der Waals surface area contributed by atoms with Crippen molar-refractivity contribution in [1.29, 1.82) is 0 Å². The van der Waals surface area contributed by atoms with Crippen LogP contribution in [0.4, 0.5) is 0 Å². The van der Waals surface area contributed by atoms with Crippen LogP contribution in [0.2, 0.25) is 0 Å².